The first-order valence-electron chi connectivity index (χ1n) is 9.61. The summed E-state index contributed by atoms with van der Waals surface area (Å²) >= 11 is -1.12. The second kappa shape index (κ2) is 10.2. The summed E-state index contributed by atoms with van der Waals surface area (Å²) in [7, 11) is 0. The zero-order chi connectivity index (χ0) is 22.5. The lowest BCUT2D eigenvalue weighted by Crippen LogP contribution is -2.49. The van der Waals surface area contributed by atoms with Gasteiger partial charge in [-0.2, -0.15) is 0 Å². The van der Waals surface area contributed by atoms with E-state index in [4.69, 9.17) is 9.47 Å². The van der Waals surface area contributed by atoms with Gasteiger partial charge < -0.3 is 9.47 Å². The van der Waals surface area contributed by atoms with Gasteiger partial charge in [0.05, 0.1) is 28.7 Å². The molecular formula is C22H20N2O6S2. The van der Waals surface area contributed by atoms with E-state index in [1.54, 1.807) is 23.7 Å². The van der Waals surface area contributed by atoms with Crippen molar-refractivity contribution in [3.05, 3.63) is 78.4 Å². The minimum absolute atomic E-state index is 0.201. The molecule has 1 aliphatic heterocycles. The third-order valence-corrected chi connectivity index (χ3v) is 6.62. The van der Waals surface area contributed by atoms with Gasteiger partial charge in [0.1, 0.15) is 17.5 Å². The summed E-state index contributed by atoms with van der Waals surface area (Å²) in [6.07, 6.45) is 0. The van der Waals surface area contributed by atoms with Crippen LogP contribution in [0.3, 0.4) is 0 Å². The van der Waals surface area contributed by atoms with Crippen molar-refractivity contribution in [2.75, 3.05) is 10.9 Å². The summed E-state index contributed by atoms with van der Waals surface area (Å²) in [6, 6.07) is 20.5. The largest absolute Gasteiger partial charge is 0.455 e. The molecule has 0 fully saturated rings. The monoisotopic (exact) mass is 472 g/mol. The van der Waals surface area contributed by atoms with Gasteiger partial charge in [-0.15, -0.1) is 0 Å². The summed E-state index contributed by atoms with van der Waals surface area (Å²) in [6.45, 7) is -0.0240. The number of fused-ring (bicyclic) bond motifs is 2. The zero-order valence-corrected chi connectivity index (χ0v) is 18.3. The lowest BCUT2D eigenvalue weighted by molar-refractivity contribution is -0.131. The zero-order valence-electron chi connectivity index (χ0n) is 16.7. The minimum atomic E-state index is -2.57. The molecule has 1 aliphatic rings. The maximum atomic E-state index is 12.4. The molecular weight excluding hydrogens is 452 g/mol. The molecule has 0 radical (unpaired) electrons. The summed E-state index contributed by atoms with van der Waals surface area (Å²) < 4.78 is 34.8. The number of nitrogens with one attached hydrogen (secondary N) is 1. The number of hydroxylamine groups is 1. The van der Waals surface area contributed by atoms with Crippen LogP contribution in [0.15, 0.2) is 82.6 Å². The number of ether oxygens (including phenoxy) is 2. The predicted octanol–water partition coefficient (Wildman–Crippen LogP) is 3.98. The average Bonchev–Trinajstić information content (AvgIpc) is 2.82. The van der Waals surface area contributed by atoms with Crippen LogP contribution in [0.2, 0.25) is 0 Å². The molecule has 0 spiro atoms. The molecule has 3 aromatic rings. The van der Waals surface area contributed by atoms with Gasteiger partial charge in [0, 0.05) is 0 Å². The van der Waals surface area contributed by atoms with Crippen LogP contribution in [0.4, 0.5) is 5.69 Å². The lowest BCUT2D eigenvalue weighted by atomic mass is 10.2. The maximum Gasteiger partial charge on any atom is 0.269 e. The molecule has 2 atom stereocenters. The third-order valence-electron chi connectivity index (χ3n) is 4.72. The molecule has 0 bridgehead atoms. The first-order valence-corrected chi connectivity index (χ1v) is 11.5. The fourth-order valence-electron chi connectivity index (χ4n) is 3.22. The van der Waals surface area contributed by atoms with E-state index in [-0.39, 0.29) is 13.2 Å². The summed E-state index contributed by atoms with van der Waals surface area (Å²) in [5.41, 5.74) is 2.74. The quantitative estimate of drug-likeness (QED) is 0.202. The van der Waals surface area contributed by atoms with Crippen LogP contribution in [0.25, 0.3) is 0 Å². The van der Waals surface area contributed by atoms with Crippen LogP contribution in [0.5, 0.6) is 11.5 Å². The fourth-order valence-corrected chi connectivity index (χ4v) is 4.87. The van der Waals surface area contributed by atoms with Crippen molar-refractivity contribution in [2.45, 2.75) is 22.4 Å². The van der Waals surface area contributed by atoms with E-state index in [2.05, 4.69) is 0 Å². The van der Waals surface area contributed by atoms with Gasteiger partial charge in [0.25, 0.3) is 17.2 Å². The highest BCUT2D eigenvalue weighted by Crippen LogP contribution is 2.48. The van der Waals surface area contributed by atoms with Gasteiger partial charge in [-0.3, -0.25) is 18.9 Å². The van der Waals surface area contributed by atoms with Gasteiger partial charge in [0.15, 0.2) is 0 Å². The molecule has 1 amide bonds. The van der Waals surface area contributed by atoms with Crippen molar-refractivity contribution >= 4 is 34.6 Å². The van der Waals surface area contributed by atoms with Crippen molar-refractivity contribution in [3.8, 4) is 11.5 Å². The molecule has 0 aromatic heterocycles. The Morgan fingerprint density at radius 3 is 2.53 bits per heavy atom. The number of carbonyl (C=O) groups is 1. The van der Waals surface area contributed by atoms with Crippen molar-refractivity contribution in [2.24, 2.45) is 0 Å². The third kappa shape index (κ3) is 4.95. The van der Waals surface area contributed by atoms with E-state index in [0.29, 0.717) is 11.4 Å². The standard InChI is InChI=1S/C22H20N2O6S2/c25-22(23-26)17(14-29-13-15-6-2-1-3-7-15)24(32(27)28)16-10-11-19-21(12-16)31-20-9-5-4-8-18(20)30-19/h1-12,17,26H,13-14H2,(H,23,25)(H,27,28). The lowest BCUT2D eigenvalue weighted by Gasteiger charge is -2.29. The summed E-state index contributed by atoms with van der Waals surface area (Å²) in [5.74, 6) is 0.462. The van der Waals surface area contributed by atoms with E-state index < -0.39 is 23.2 Å². The number of hydrogen-bond donors (Lipinski definition) is 3. The number of hydrogen-bond acceptors (Lipinski definition) is 6. The number of amides is 1. The topological polar surface area (TPSA) is 108 Å². The highest BCUT2D eigenvalue weighted by molar-refractivity contribution is 7.99. The molecule has 0 saturated heterocycles. The molecule has 32 heavy (non-hydrogen) atoms. The second-order valence-corrected chi connectivity index (χ2v) is 8.77. The normalized spacial score (nSPS) is 13.8. The number of anilines is 1. The Labute approximate surface area is 191 Å². The molecule has 10 heteroatoms. The van der Waals surface area contributed by atoms with E-state index in [0.717, 1.165) is 25.4 Å². The van der Waals surface area contributed by atoms with Gasteiger partial charge in [-0.05, 0) is 35.9 Å². The van der Waals surface area contributed by atoms with Crippen LogP contribution in [0, 0.1) is 0 Å². The first kappa shape index (κ1) is 22.3. The number of carbonyl (C=O) groups excluding carboxylic acids is 1. The van der Waals surface area contributed by atoms with Crippen LogP contribution in [0.1, 0.15) is 5.56 Å². The highest BCUT2D eigenvalue weighted by Gasteiger charge is 2.32. The fraction of sp³-hybridized carbons (Fsp3) is 0.136. The predicted molar refractivity (Wildman–Crippen MR) is 120 cm³/mol. The Hall–Kier alpha value is -2.89. The van der Waals surface area contributed by atoms with E-state index in [1.807, 2.05) is 54.6 Å². The highest BCUT2D eigenvalue weighted by atomic mass is 32.2. The molecule has 166 valence electrons. The van der Waals surface area contributed by atoms with Crippen molar-refractivity contribution < 1.29 is 28.2 Å². The smallest absolute Gasteiger partial charge is 0.269 e. The number of para-hydroxylation sites is 1. The van der Waals surface area contributed by atoms with Crippen LogP contribution >= 0.6 is 11.8 Å². The Morgan fingerprint density at radius 1 is 1.06 bits per heavy atom. The van der Waals surface area contributed by atoms with E-state index in [9.17, 15) is 18.8 Å². The van der Waals surface area contributed by atoms with E-state index in [1.165, 1.54) is 11.8 Å². The Balaban J connectivity index is 1.58. The summed E-state index contributed by atoms with van der Waals surface area (Å²) in [5, 5.41) is 9.21. The maximum absolute atomic E-state index is 12.4. The van der Waals surface area contributed by atoms with Crippen LogP contribution in [-0.2, 0) is 27.4 Å². The van der Waals surface area contributed by atoms with Gasteiger partial charge in [0.2, 0.25) is 0 Å². The molecule has 8 nitrogen and oxygen atoms in total. The summed E-state index contributed by atoms with van der Waals surface area (Å²) in [4.78, 5) is 14.0. The van der Waals surface area contributed by atoms with Gasteiger partial charge >= 0.3 is 0 Å². The van der Waals surface area contributed by atoms with Gasteiger partial charge in [-0.1, -0.05) is 54.2 Å². The first-order chi connectivity index (χ1) is 15.6. The van der Waals surface area contributed by atoms with E-state index >= 15 is 0 Å². The SMILES string of the molecule is O=C(NO)C(COCc1ccccc1)N(c1ccc2c(c1)Sc1ccccc1O2)S(=O)O. The molecule has 0 aliphatic carbocycles. The average molecular weight is 473 g/mol. The second-order valence-electron chi connectivity index (χ2n) is 6.83. The number of benzene rings is 3. The van der Waals surface area contributed by atoms with Crippen molar-refractivity contribution in [3.63, 3.8) is 0 Å². The molecule has 3 N–H and O–H groups in total. The van der Waals surface area contributed by atoms with Crippen molar-refractivity contribution in [1.29, 1.82) is 0 Å². The Kier molecular flexibility index (Phi) is 7.08. The molecule has 3 aromatic carbocycles. The number of rotatable bonds is 8. The Morgan fingerprint density at radius 2 is 1.78 bits per heavy atom. The molecule has 1 heterocycles. The molecule has 0 saturated carbocycles. The Bertz CT molecular complexity index is 1130. The van der Waals surface area contributed by atoms with Gasteiger partial charge in [-0.25, -0.2) is 9.69 Å². The van der Waals surface area contributed by atoms with Crippen LogP contribution in [-0.4, -0.2) is 32.5 Å². The minimum Gasteiger partial charge on any atom is -0.455 e. The van der Waals surface area contributed by atoms with Crippen molar-refractivity contribution in [1.82, 2.24) is 5.48 Å². The van der Waals surface area contributed by atoms with Crippen LogP contribution < -0.4 is 14.5 Å². The molecule has 4 rings (SSSR count). The number of nitrogens with zero attached hydrogens (tertiary/aromatic N) is 1. The molecule has 2 unspecified atom stereocenters.